The maximum atomic E-state index is 12.9. The molecule has 0 heterocycles. The summed E-state index contributed by atoms with van der Waals surface area (Å²) in [6.07, 6.45) is 5.17. The average Bonchev–Trinajstić information content (AvgIpc) is 2.99. The summed E-state index contributed by atoms with van der Waals surface area (Å²) in [4.78, 5) is 36.6. The lowest BCUT2D eigenvalue weighted by molar-refractivity contribution is -0.132. The van der Waals surface area contributed by atoms with Crippen molar-refractivity contribution in [2.24, 2.45) is 5.92 Å². The first-order valence-electron chi connectivity index (χ1n) is 12.2. The highest BCUT2D eigenvalue weighted by molar-refractivity contribution is 5.86. The van der Waals surface area contributed by atoms with Gasteiger partial charge in [0.2, 0.25) is 5.91 Å². The van der Waals surface area contributed by atoms with Gasteiger partial charge in [-0.1, -0.05) is 73.9 Å². The minimum Gasteiger partial charge on any atom is -0.478 e. The Hall–Kier alpha value is -3.61. The Morgan fingerprint density at radius 2 is 1.60 bits per heavy atom. The number of amides is 2. The van der Waals surface area contributed by atoms with Gasteiger partial charge in [-0.2, -0.15) is 0 Å². The Morgan fingerprint density at radius 1 is 0.971 bits per heavy atom. The number of carbonyl (C=O) groups excluding carboxylic acids is 2. The third kappa shape index (κ3) is 5.73. The molecule has 2 aliphatic rings. The number of hydrogen-bond acceptors (Lipinski definition) is 4. The van der Waals surface area contributed by atoms with Crippen molar-refractivity contribution in [3.63, 3.8) is 0 Å². The van der Waals surface area contributed by atoms with Crippen LogP contribution >= 0.6 is 0 Å². The Bertz CT molecular complexity index is 1080. The van der Waals surface area contributed by atoms with Crippen molar-refractivity contribution in [1.29, 1.82) is 0 Å². The van der Waals surface area contributed by atoms with Crippen molar-refractivity contribution in [1.82, 2.24) is 10.6 Å². The Balaban J connectivity index is 1.38. The van der Waals surface area contributed by atoms with Crippen LogP contribution < -0.4 is 10.6 Å². The van der Waals surface area contributed by atoms with E-state index in [1.807, 2.05) is 24.3 Å². The average molecular weight is 477 g/mol. The first kappa shape index (κ1) is 24.5. The third-order valence-corrected chi connectivity index (χ3v) is 7.02. The summed E-state index contributed by atoms with van der Waals surface area (Å²) >= 11 is 0. The summed E-state index contributed by atoms with van der Waals surface area (Å²) in [7, 11) is 0. The van der Waals surface area contributed by atoms with E-state index < -0.39 is 12.1 Å². The molecule has 2 aliphatic carbocycles. The summed E-state index contributed by atoms with van der Waals surface area (Å²) in [5.41, 5.74) is 4.82. The number of fused-ring (bicyclic) bond motifs is 3. The SMILES string of the molecule is C/C(=C\CNC(=O)C1CCCCCC1NC(=O)OCC1c2ccccc2-c2ccccc21)C(=O)O. The lowest BCUT2D eigenvalue weighted by Gasteiger charge is -2.25. The molecule has 35 heavy (non-hydrogen) atoms. The number of aliphatic carboxylic acids is 1. The maximum Gasteiger partial charge on any atom is 0.407 e. The van der Waals surface area contributed by atoms with E-state index >= 15 is 0 Å². The Kier molecular flexibility index (Phi) is 7.85. The molecule has 7 heteroatoms. The zero-order valence-electron chi connectivity index (χ0n) is 20.0. The van der Waals surface area contributed by atoms with Gasteiger partial charge in [0.1, 0.15) is 6.61 Å². The minimum atomic E-state index is -1.01. The van der Waals surface area contributed by atoms with Crippen molar-refractivity contribution < 1.29 is 24.2 Å². The van der Waals surface area contributed by atoms with Crippen LogP contribution in [0.15, 0.2) is 60.2 Å². The number of carbonyl (C=O) groups is 3. The van der Waals surface area contributed by atoms with E-state index in [0.29, 0.717) is 12.8 Å². The number of alkyl carbamates (subject to hydrolysis) is 1. The number of ether oxygens (including phenoxy) is 1. The highest BCUT2D eigenvalue weighted by atomic mass is 16.5. The van der Waals surface area contributed by atoms with Crippen LogP contribution in [0.5, 0.6) is 0 Å². The van der Waals surface area contributed by atoms with E-state index in [1.165, 1.54) is 24.1 Å². The molecule has 3 N–H and O–H groups in total. The number of carboxylic acids is 1. The van der Waals surface area contributed by atoms with Crippen LogP contribution in [-0.4, -0.2) is 42.3 Å². The molecule has 0 spiro atoms. The normalized spacial score (nSPS) is 19.7. The number of rotatable bonds is 7. The highest BCUT2D eigenvalue weighted by Gasteiger charge is 2.32. The van der Waals surface area contributed by atoms with Crippen molar-refractivity contribution >= 4 is 18.0 Å². The molecule has 0 aromatic heterocycles. The van der Waals surface area contributed by atoms with Gasteiger partial charge in [0.05, 0.1) is 5.92 Å². The molecule has 184 valence electrons. The zero-order chi connectivity index (χ0) is 24.8. The first-order chi connectivity index (χ1) is 17.0. The lowest BCUT2D eigenvalue weighted by Crippen LogP contribution is -2.46. The number of benzene rings is 2. The van der Waals surface area contributed by atoms with E-state index in [4.69, 9.17) is 9.84 Å². The third-order valence-electron chi connectivity index (χ3n) is 7.02. The van der Waals surface area contributed by atoms with Crippen LogP contribution in [0.3, 0.4) is 0 Å². The van der Waals surface area contributed by atoms with E-state index in [2.05, 4.69) is 34.9 Å². The molecule has 2 aromatic carbocycles. The Labute approximate surface area is 205 Å². The first-order valence-corrected chi connectivity index (χ1v) is 12.2. The molecule has 0 bridgehead atoms. The number of nitrogens with one attached hydrogen (secondary N) is 2. The van der Waals surface area contributed by atoms with Crippen LogP contribution in [0.1, 0.15) is 56.1 Å². The van der Waals surface area contributed by atoms with Crippen LogP contribution in [-0.2, 0) is 14.3 Å². The van der Waals surface area contributed by atoms with Gasteiger partial charge in [0.25, 0.3) is 0 Å². The highest BCUT2D eigenvalue weighted by Crippen LogP contribution is 2.44. The molecule has 7 nitrogen and oxygen atoms in total. The van der Waals surface area contributed by atoms with Gasteiger partial charge < -0.3 is 20.5 Å². The van der Waals surface area contributed by atoms with Crippen molar-refractivity contribution in [3.8, 4) is 11.1 Å². The standard InChI is InChI=1S/C28H32N2O5/c1-18(27(32)33)15-16-29-26(31)23-13-3-2-4-14-25(23)30-28(34)35-17-24-21-11-7-5-9-19(21)20-10-6-8-12-22(20)24/h5-12,15,23-25H,2-4,13-14,16-17H2,1H3,(H,29,31)(H,30,34)(H,32,33)/b18-15+. The van der Waals surface area contributed by atoms with E-state index in [-0.39, 0.29) is 42.5 Å². The zero-order valence-corrected chi connectivity index (χ0v) is 20.0. The predicted molar refractivity (Wildman–Crippen MR) is 133 cm³/mol. The number of carboxylic acid groups (broad SMARTS) is 1. The fraction of sp³-hybridized carbons (Fsp3) is 0.393. The summed E-state index contributed by atoms with van der Waals surface area (Å²) in [6.45, 7) is 1.86. The van der Waals surface area contributed by atoms with Gasteiger partial charge in [0.15, 0.2) is 0 Å². The van der Waals surface area contributed by atoms with Crippen molar-refractivity contribution in [2.75, 3.05) is 13.2 Å². The fourth-order valence-electron chi connectivity index (χ4n) is 5.11. The van der Waals surface area contributed by atoms with Gasteiger partial charge >= 0.3 is 12.1 Å². The van der Waals surface area contributed by atoms with Gasteiger partial charge in [-0.15, -0.1) is 0 Å². The van der Waals surface area contributed by atoms with Gasteiger partial charge in [-0.05, 0) is 42.0 Å². The van der Waals surface area contributed by atoms with Gasteiger partial charge in [0, 0.05) is 24.1 Å². The number of hydrogen-bond donors (Lipinski definition) is 3. The van der Waals surface area contributed by atoms with E-state index in [1.54, 1.807) is 0 Å². The largest absolute Gasteiger partial charge is 0.478 e. The monoisotopic (exact) mass is 476 g/mol. The lowest BCUT2D eigenvalue weighted by atomic mass is 9.94. The summed E-state index contributed by atoms with van der Waals surface area (Å²) in [5.74, 6) is -1.59. The van der Waals surface area contributed by atoms with Crippen molar-refractivity contribution in [2.45, 2.75) is 51.0 Å². The Morgan fingerprint density at radius 3 is 2.26 bits per heavy atom. The van der Waals surface area contributed by atoms with E-state index in [9.17, 15) is 14.4 Å². The molecule has 1 fully saturated rings. The quantitative estimate of drug-likeness (QED) is 0.400. The predicted octanol–water partition coefficient (Wildman–Crippen LogP) is 4.62. The molecular formula is C28H32N2O5. The van der Waals surface area contributed by atoms with Crippen molar-refractivity contribution in [3.05, 3.63) is 71.3 Å². The topological polar surface area (TPSA) is 105 Å². The maximum absolute atomic E-state index is 12.9. The fourth-order valence-corrected chi connectivity index (χ4v) is 5.11. The summed E-state index contributed by atoms with van der Waals surface area (Å²) < 4.78 is 5.69. The molecular weight excluding hydrogens is 444 g/mol. The smallest absolute Gasteiger partial charge is 0.407 e. The summed E-state index contributed by atoms with van der Waals surface area (Å²) in [5, 5.41) is 14.7. The molecule has 0 saturated heterocycles. The summed E-state index contributed by atoms with van der Waals surface area (Å²) in [6, 6.07) is 16.0. The molecule has 2 amide bonds. The second-order valence-corrected chi connectivity index (χ2v) is 9.26. The van der Waals surface area contributed by atoms with Gasteiger partial charge in [-0.25, -0.2) is 9.59 Å². The molecule has 4 rings (SSSR count). The minimum absolute atomic E-state index is 0.0226. The van der Waals surface area contributed by atoms with Crippen LogP contribution in [0, 0.1) is 5.92 Å². The molecule has 2 atom stereocenters. The van der Waals surface area contributed by atoms with Crippen LogP contribution in [0.25, 0.3) is 11.1 Å². The second-order valence-electron chi connectivity index (χ2n) is 9.26. The molecule has 2 unspecified atom stereocenters. The van der Waals surface area contributed by atoms with E-state index in [0.717, 1.165) is 30.4 Å². The van der Waals surface area contributed by atoms with Gasteiger partial charge in [-0.3, -0.25) is 4.79 Å². The molecule has 2 aromatic rings. The van der Waals surface area contributed by atoms with Crippen LogP contribution in [0.2, 0.25) is 0 Å². The molecule has 1 saturated carbocycles. The molecule has 0 radical (unpaired) electrons. The second kappa shape index (κ2) is 11.2. The van der Waals surface area contributed by atoms with Crippen LogP contribution in [0.4, 0.5) is 4.79 Å². The molecule has 0 aliphatic heterocycles.